The van der Waals surface area contributed by atoms with Crippen LogP contribution in [-0.2, 0) is 15.5 Å². The van der Waals surface area contributed by atoms with Crippen molar-refractivity contribution in [1.29, 1.82) is 0 Å². The molecule has 1 aromatic carbocycles. The first-order chi connectivity index (χ1) is 11.0. The van der Waals surface area contributed by atoms with Crippen LogP contribution in [0, 0.1) is 0 Å². The summed E-state index contributed by atoms with van der Waals surface area (Å²) in [7, 11) is -4.35. The van der Waals surface area contributed by atoms with E-state index in [1.165, 1.54) is 0 Å². The largest absolute Gasteiger partial charge is 0.486 e. The molecule has 0 aromatic heterocycles. The number of rotatable bonds is 9. The molecule has 1 unspecified atom stereocenters. The summed E-state index contributed by atoms with van der Waals surface area (Å²) < 4.78 is 39.6. The molecule has 0 aliphatic rings. The van der Waals surface area contributed by atoms with Gasteiger partial charge in [-0.2, -0.15) is 8.42 Å². The number of benzene rings is 1. The van der Waals surface area contributed by atoms with Crippen LogP contribution in [0.15, 0.2) is 23.1 Å². The SMILES string of the molecule is CCCC(C)(CC)Oc1ccc(C(C)(CC)CC)cc1S(=O)(=O)O. The average molecular weight is 357 g/mol. The number of ether oxygens (including phenoxy) is 1. The van der Waals surface area contributed by atoms with Gasteiger partial charge in [-0.15, -0.1) is 0 Å². The van der Waals surface area contributed by atoms with E-state index >= 15 is 0 Å². The van der Waals surface area contributed by atoms with E-state index < -0.39 is 15.7 Å². The zero-order valence-electron chi connectivity index (χ0n) is 15.8. The van der Waals surface area contributed by atoms with E-state index in [0.717, 1.165) is 37.7 Å². The fraction of sp³-hybridized carbons (Fsp3) is 0.684. The third-order valence-corrected chi connectivity index (χ3v) is 6.24. The summed E-state index contributed by atoms with van der Waals surface area (Å²) in [6.07, 6.45) is 4.29. The maximum absolute atomic E-state index is 11.9. The molecule has 1 N–H and O–H groups in total. The predicted molar refractivity (Wildman–Crippen MR) is 98.4 cm³/mol. The molecule has 0 aliphatic carbocycles. The highest BCUT2D eigenvalue weighted by molar-refractivity contribution is 7.86. The molecule has 1 rings (SSSR count). The van der Waals surface area contributed by atoms with Crippen molar-refractivity contribution >= 4 is 10.1 Å². The first-order valence-electron chi connectivity index (χ1n) is 8.86. The summed E-state index contributed by atoms with van der Waals surface area (Å²) in [5, 5.41) is 0. The van der Waals surface area contributed by atoms with Crippen LogP contribution < -0.4 is 4.74 Å². The fourth-order valence-electron chi connectivity index (χ4n) is 2.92. The van der Waals surface area contributed by atoms with E-state index in [1.807, 2.05) is 19.9 Å². The summed E-state index contributed by atoms with van der Waals surface area (Å²) in [4.78, 5) is -0.135. The van der Waals surface area contributed by atoms with E-state index in [-0.39, 0.29) is 16.1 Å². The van der Waals surface area contributed by atoms with E-state index in [0.29, 0.717) is 0 Å². The molecule has 0 radical (unpaired) electrons. The van der Waals surface area contributed by atoms with Crippen LogP contribution in [0.4, 0.5) is 0 Å². The molecule has 0 aliphatic heterocycles. The van der Waals surface area contributed by atoms with Gasteiger partial charge in [-0.1, -0.05) is 47.1 Å². The minimum atomic E-state index is -4.35. The summed E-state index contributed by atoms with van der Waals surface area (Å²) in [5.74, 6) is 0.230. The van der Waals surface area contributed by atoms with E-state index in [1.54, 1.807) is 12.1 Å². The zero-order valence-corrected chi connectivity index (χ0v) is 16.7. The number of hydrogen-bond acceptors (Lipinski definition) is 3. The Labute approximate surface area is 147 Å². The lowest BCUT2D eigenvalue weighted by Gasteiger charge is -2.32. The highest BCUT2D eigenvalue weighted by Gasteiger charge is 2.30. The Morgan fingerprint density at radius 1 is 1.04 bits per heavy atom. The van der Waals surface area contributed by atoms with Crippen LogP contribution in [0.1, 0.15) is 79.2 Å². The molecule has 0 fully saturated rings. The Morgan fingerprint density at radius 2 is 1.62 bits per heavy atom. The van der Waals surface area contributed by atoms with Crippen LogP contribution in [0.2, 0.25) is 0 Å². The topological polar surface area (TPSA) is 63.6 Å². The molecule has 4 nitrogen and oxygen atoms in total. The van der Waals surface area contributed by atoms with Gasteiger partial charge < -0.3 is 4.74 Å². The highest BCUT2D eigenvalue weighted by Crippen LogP contribution is 2.37. The lowest BCUT2D eigenvalue weighted by Crippen LogP contribution is -2.32. The molecule has 0 spiro atoms. The normalized spacial score (nSPS) is 15.1. The van der Waals surface area contributed by atoms with Crippen molar-refractivity contribution in [1.82, 2.24) is 0 Å². The van der Waals surface area contributed by atoms with Gasteiger partial charge in [-0.25, -0.2) is 0 Å². The van der Waals surface area contributed by atoms with Crippen molar-refractivity contribution in [2.24, 2.45) is 0 Å². The molecule has 1 atom stereocenters. The Balaban J connectivity index is 3.43. The first kappa shape index (κ1) is 21.0. The second-order valence-electron chi connectivity index (χ2n) is 7.06. The Kier molecular flexibility index (Phi) is 6.88. The fourth-order valence-corrected chi connectivity index (χ4v) is 3.56. The second-order valence-corrected chi connectivity index (χ2v) is 8.45. The minimum Gasteiger partial charge on any atom is -0.486 e. The first-order valence-corrected chi connectivity index (χ1v) is 10.3. The quantitative estimate of drug-likeness (QED) is 0.605. The van der Waals surface area contributed by atoms with Crippen molar-refractivity contribution in [2.45, 2.75) is 89.6 Å². The molecular weight excluding hydrogens is 324 g/mol. The van der Waals surface area contributed by atoms with Crippen LogP contribution >= 0.6 is 0 Å². The Hall–Kier alpha value is -1.07. The van der Waals surface area contributed by atoms with Gasteiger partial charge in [0.15, 0.2) is 0 Å². The molecule has 0 heterocycles. The van der Waals surface area contributed by atoms with Crippen LogP contribution in [0.25, 0.3) is 0 Å². The van der Waals surface area contributed by atoms with Gasteiger partial charge in [0.2, 0.25) is 0 Å². The smallest absolute Gasteiger partial charge is 0.298 e. The average Bonchev–Trinajstić information content (AvgIpc) is 2.53. The van der Waals surface area contributed by atoms with Gasteiger partial charge in [0, 0.05) is 0 Å². The summed E-state index contributed by atoms with van der Waals surface area (Å²) >= 11 is 0. The van der Waals surface area contributed by atoms with Crippen LogP contribution in [0.5, 0.6) is 5.75 Å². The monoisotopic (exact) mass is 356 g/mol. The van der Waals surface area contributed by atoms with Crippen LogP contribution in [-0.4, -0.2) is 18.6 Å². The highest BCUT2D eigenvalue weighted by atomic mass is 32.2. The van der Waals surface area contributed by atoms with Gasteiger partial charge >= 0.3 is 0 Å². The molecule has 0 saturated carbocycles. The molecule has 0 saturated heterocycles. The van der Waals surface area contributed by atoms with Crippen molar-refractivity contribution in [2.75, 3.05) is 0 Å². The molecule has 5 heteroatoms. The minimum absolute atomic E-state index is 0.130. The molecule has 0 amide bonds. The van der Waals surface area contributed by atoms with Crippen molar-refractivity contribution in [3.8, 4) is 5.75 Å². The molecule has 0 bridgehead atoms. The zero-order chi connectivity index (χ0) is 18.6. The molecular formula is C19H32O4S. The van der Waals surface area contributed by atoms with E-state index in [9.17, 15) is 13.0 Å². The lowest BCUT2D eigenvalue weighted by molar-refractivity contribution is 0.0704. The third-order valence-electron chi connectivity index (χ3n) is 5.36. The summed E-state index contributed by atoms with van der Waals surface area (Å²) in [6.45, 7) is 12.3. The second kappa shape index (κ2) is 7.87. The van der Waals surface area contributed by atoms with Crippen molar-refractivity contribution in [3.05, 3.63) is 23.8 Å². The van der Waals surface area contributed by atoms with Gasteiger partial charge in [-0.3, -0.25) is 4.55 Å². The Bertz CT molecular complexity index is 647. The maximum atomic E-state index is 11.9. The van der Waals surface area contributed by atoms with Gasteiger partial charge in [-0.05, 0) is 55.7 Å². The maximum Gasteiger partial charge on any atom is 0.298 e. The van der Waals surface area contributed by atoms with Crippen LogP contribution in [0.3, 0.4) is 0 Å². The standard InChI is InChI=1S/C19H32O4S/c1-7-13-19(6,10-4)23-16-12-11-15(18(5,8-2)9-3)14-17(16)24(20,21)22/h11-12,14H,7-10,13H2,1-6H3,(H,20,21,22). The molecule has 1 aromatic rings. The Morgan fingerprint density at radius 3 is 2.04 bits per heavy atom. The van der Waals surface area contributed by atoms with Crippen molar-refractivity contribution in [3.63, 3.8) is 0 Å². The predicted octanol–water partition coefficient (Wildman–Crippen LogP) is 5.36. The number of hydrogen-bond donors (Lipinski definition) is 1. The van der Waals surface area contributed by atoms with Gasteiger partial charge in [0.1, 0.15) is 16.2 Å². The third kappa shape index (κ3) is 4.73. The summed E-state index contributed by atoms with van der Waals surface area (Å²) in [5.41, 5.74) is 0.324. The van der Waals surface area contributed by atoms with Gasteiger partial charge in [0.25, 0.3) is 10.1 Å². The molecule has 24 heavy (non-hydrogen) atoms. The van der Waals surface area contributed by atoms with E-state index in [2.05, 4.69) is 27.7 Å². The van der Waals surface area contributed by atoms with E-state index in [4.69, 9.17) is 4.74 Å². The van der Waals surface area contributed by atoms with Gasteiger partial charge in [0.05, 0.1) is 0 Å². The van der Waals surface area contributed by atoms with Crippen molar-refractivity contribution < 1.29 is 17.7 Å². The molecule has 138 valence electrons. The summed E-state index contributed by atoms with van der Waals surface area (Å²) in [6, 6.07) is 5.17. The lowest BCUT2D eigenvalue weighted by atomic mass is 9.78.